The van der Waals surface area contributed by atoms with Crippen LogP contribution in [-0.4, -0.2) is 46.8 Å². The van der Waals surface area contributed by atoms with Crippen LogP contribution in [0, 0.1) is 5.92 Å². The third kappa shape index (κ3) is 2.97. The van der Waals surface area contributed by atoms with Crippen molar-refractivity contribution in [2.24, 2.45) is 5.92 Å². The SMILES string of the molecule is CN(C)C[C@H]1[C@@H](O)[C@@]2(O)c3ncc(Cl)cc3O[C@@]2(c2ccc(Br)cc2)[C@@H]1c1ccccc1. The molecule has 0 radical (unpaired) electrons. The van der Waals surface area contributed by atoms with Crippen molar-refractivity contribution < 1.29 is 14.9 Å². The summed E-state index contributed by atoms with van der Waals surface area (Å²) in [5.41, 5.74) is -0.973. The van der Waals surface area contributed by atoms with Crippen LogP contribution in [-0.2, 0) is 11.2 Å². The summed E-state index contributed by atoms with van der Waals surface area (Å²) in [5, 5.41) is 24.6. The fourth-order valence-corrected chi connectivity index (χ4v) is 6.00. The molecule has 166 valence electrons. The van der Waals surface area contributed by atoms with Crippen molar-refractivity contribution >= 4 is 27.5 Å². The second-order valence-corrected chi connectivity index (χ2v) is 10.2. The molecule has 1 aromatic heterocycles. The highest BCUT2D eigenvalue weighted by atomic mass is 79.9. The third-order valence-electron chi connectivity index (χ3n) is 6.72. The van der Waals surface area contributed by atoms with Crippen molar-refractivity contribution in [3.63, 3.8) is 0 Å². The van der Waals surface area contributed by atoms with E-state index in [-0.39, 0.29) is 11.8 Å². The molecule has 3 aromatic rings. The molecule has 5 rings (SSSR count). The molecule has 7 heteroatoms. The van der Waals surface area contributed by atoms with Crippen LogP contribution in [0.5, 0.6) is 5.75 Å². The summed E-state index contributed by atoms with van der Waals surface area (Å²) in [6.07, 6.45) is 0.372. The van der Waals surface area contributed by atoms with Gasteiger partial charge in [0.15, 0.2) is 11.2 Å². The number of rotatable bonds is 4. The lowest BCUT2D eigenvalue weighted by atomic mass is 9.71. The van der Waals surface area contributed by atoms with Gasteiger partial charge in [0.25, 0.3) is 0 Å². The molecule has 32 heavy (non-hydrogen) atoms. The fourth-order valence-electron chi connectivity index (χ4n) is 5.59. The molecule has 2 N–H and O–H groups in total. The fraction of sp³-hybridized carbons (Fsp3) is 0.320. The number of nitrogens with zero attached hydrogens (tertiary/aromatic N) is 2. The van der Waals surface area contributed by atoms with E-state index in [1.54, 1.807) is 6.07 Å². The molecule has 1 fully saturated rings. The van der Waals surface area contributed by atoms with E-state index in [1.807, 2.05) is 73.6 Å². The van der Waals surface area contributed by atoms with Crippen molar-refractivity contribution in [1.29, 1.82) is 0 Å². The summed E-state index contributed by atoms with van der Waals surface area (Å²) in [4.78, 5) is 6.49. The highest BCUT2D eigenvalue weighted by molar-refractivity contribution is 9.10. The molecular weight excluding hydrogens is 492 g/mol. The van der Waals surface area contributed by atoms with Crippen LogP contribution in [0.25, 0.3) is 0 Å². The molecule has 2 heterocycles. The predicted molar refractivity (Wildman–Crippen MR) is 127 cm³/mol. The van der Waals surface area contributed by atoms with Crippen molar-refractivity contribution in [3.05, 3.63) is 93.2 Å². The topological polar surface area (TPSA) is 65.8 Å². The Balaban J connectivity index is 1.83. The molecule has 0 saturated heterocycles. The highest BCUT2D eigenvalue weighted by Gasteiger charge is 2.76. The number of benzene rings is 2. The Labute approximate surface area is 200 Å². The van der Waals surface area contributed by atoms with Crippen LogP contribution >= 0.6 is 27.5 Å². The second-order valence-electron chi connectivity index (χ2n) is 8.87. The number of aliphatic hydroxyl groups is 2. The lowest BCUT2D eigenvalue weighted by Gasteiger charge is -2.40. The summed E-state index contributed by atoms with van der Waals surface area (Å²) in [7, 11) is 3.93. The van der Waals surface area contributed by atoms with E-state index >= 15 is 0 Å². The largest absolute Gasteiger partial charge is 0.476 e. The van der Waals surface area contributed by atoms with Gasteiger partial charge >= 0.3 is 0 Å². The van der Waals surface area contributed by atoms with E-state index in [0.717, 1.165) is 15.6 Å². The molecule has 0 unspecified atom stereocenters. The first-order valence-corrected chi connectivity index (χ1v) is 11.7. The summed E-state index contributed by atoms with van der Waals surface area (Å²) in [6, 6.07) is 19.3. The van der Waals surface area contributed by atoms with Gasteiger partial charge in [-0.05, 0) is 37.4 Å². The van der Waals surface area contributed by atoms with E-state index in [2.05, 4.69) is 20.9 Å². The van der Waals surface area contributed by atoms with E-state index < -0.39 is 17.3 Å². The normalized spacial score (nSPS) is 30.8. The second kappa shape index (κ2) is 7.82. The van der Waals surface area contributed by atoms with Gasteiger partial charge in [0, 0.05) is 35.1 Å². The standard InChI is InChI=1S/C25H24BrClN2O3/c1-29(2)14-19-21(15-6-4-3-5-7-15)25(16-8-10-17(26)11-9-16)24(31,23(19)30)22-20(32-25)12-18(27)13-28-22/h3-13,19,21,23,30-31H,14H2,1-2H3/t19-,21-,23-,24+,25+/m1/s1. The summed E-state index contributed by atoms with van der Waals surface area (Å²) in [6.45, 7) is 0.563. The summed E-state index contributed by atoms with van der Waals surface area (Å²) in [5.74, 6) is -0.266. The summed E-state index contributed by atoms with van der Waals surface area (Å²) < 4.78 is 7.60. The summed E-state index contributed by atoms with van der Waals surface area (Å²) >= 11 is 9.73. The number of pyridine rings is 1. The van der Waals surface area contributed by atoms with Crippen LogP contribution in [0.3, 0.4) is 0 Å². The van der Waals surface area contributed by atoms with Crippen molar-refractivity contribution in [2.45, 2.75) is 23.2 Å². The van der Waals surface area contributed by atoms with Crippen molar-refractivity contribution in [2.75, 3.05) is 20.6 Å². The van der Waals surface area contributed by atoms with Gasteiger partial charge in [-0.2, -0.15) is 0 Å². The number of hydrogen-bond acceptors (Lipinski definition) is 5. The number of ether oxygens (including phenoxy) is 1. The van der Waals surface area contributed by atoms with Gasteiger partial charge < -0.3 is 19.8 Å². The van der Waals surface area contributed by atoms with E-state index in [9.17, 15) is 10.2 Å². The van der Waals surface area contributed by atoms with Gasteiger partial charge in [-0.25, -0.2) is 0 Å². The van der Waals surface area contributed by atoms with Crippen LogP contribution in [0.1, 0.15) is 22.7 Å². The molecule has 1 aliphatic carbocycles. The van der Waals surface area contributed by atoms with Crippen LogP contribution < -0.4 is 4.74 Å². The minimum absolute atomic E-state index is 0.313. The Morgan fingerprint density at radius 2 is 1.81 bits per heavy atom. The molecule has 1 saturated carbocycles. The average molecular weight is 516 g/mol. The maximum atomic E-state index is 12.4. The molecule has 5 nitrogen and oxygen atoms in total. The molecule has 0 spiro atoms. The van der Waals surface area contributed by atoms with Crippen LogP contribution in [0.4, 0.5) is 0 Å². The van der Waals surface area contributed by atoms with E-state index in [4.69, 9.17) is 16.3 Å². The molecule has 0 bridgehead atoms. The third-order valence-corrected chi connectivity index (χ3v) is 7.46. The number of aromatic nitrogens is 1. The average Bonchev–Trinajstić information content (AvgIpc) is 3.12. The molecule has 1 aliphatic heterocycles. The molecule has 2 aliphatic rings. The van der Waals surface area contributed by atoms with Gasteiger partial charge in [0.05, 0.1) is 11.1 Å². The first-order chi connectivity index (χ1) is 15.3. The number of aliphatic hydroxyl groups excluding tert-OH is 1. The van der Waals surface area contributed by atoms with Crippen LogP contribution in [0.2, 0.25) is 5.02 Å². The smallest absolute Gasteiger partial charge is 0.181 e. The van der Waals surface area contributed by atoms with Crippen molar-refractivity contribution in [1.82, 2.24) is 9.88 Å². The zero-order chi connectivity index (χ0) is 22.7. The first-order valence-electron chi connectivity index (χ1n) is 10.5. The predicted octanol–water partition coefficient (Wildman–Crippen LogP) is 4.31. The van der Waals surface area contributed by atoms with Gasteiger partial charge in [-0.1, -0.05) is 70.0 Å². The molecule has 0 amide bonds. The minimum atomic E-state index is -1.76. The molecule has 2 aromatic carbocycles. The maximum absolute atomic E-state index is 12.4. The molecular formula is C25H24BrClN2O3. The van der Waals surface area contributed by atoms with Gasteiger partial charge in [-0.15, -0.1) is 0 Å². The Bertz CT molecular complexity index is 1140. The van der Waals surface area contributed by atoms with E-state index in [1.165, 1.54) is 6.20 Å². The lowest BCUT2D eigenvalue weighted by molar-refractivity contribution is -0.153. The molecule has 5 atom stereocenters. The number of fused-ring (bicyclic) bond motifs is 3. The van der Waals surface area contributed by atoms with Gasteiger partial charge in [0.1, 0.15) is 11.4 Å². The Kier molecular flexibility index (Phi) is 5.34. The number of hydrogen-bond donors (Lipinski definition) is 2. The lowest BCUT2D eigenvalue weighted by Crippen LogP contribution is -2.52. The van der Waals surface area contributed by atoms with Gasteiger partial charge in [0.2, 0.25) is 0 Å². The number of halogens is 2. The Morgan fingerprint density at radius 3 is 2.47 bits per heavy atom. The minimum Gasteiger partial charge on any atom is -0.476 e. The Morgan fingerprint density at radius 1 is 1.12 bits per heavy atom. The van der Waals surface area contributed by atoms with Gasteiger partial charge in [-0.3, -0.25) is 4.98 Å². The van der Waals surface area contributed by atoms with Crippen molar-refractivity contribution in [3.8, 4) is 5.75 Å². The Hall–Kier alpha value is -1.96. The highest BCUT2D eigenvalue weighted by Crippen LogP contribution is 2.68. The van der Waals surface area contributed by atoms with E-state index in [0.29, 0.717) is 23.0 Å². The zero-order valence-electron chi connectivity index (χ0n) is 17.7. The monoisotopic (exact) mass is 514 g/mol. The van der Waals surface area contributed by atoms with Crippen LogP contribution in [0.15, 0.2) is 71.3 Å². The zero-order valence-corrected chi connectivity index (χ0v) is 20.1. The first kappa shape index (κ1) is 21.9. The maximum Gasteiger partial charge on any atom is 0.181 e. The quantitative estimate of drug-likeness (QED) is 0.542.